The number of benzene rings is 3. The predicted molar refractivity (Wildman–Crippen MR) is 153 cm³/mol. The number of aromatic hydroxyl groups is 1. The fourth-order valence-electron chi connectivity index (χ4n) is 5.19. The molecule has 214 valence electrons. The monoisotopic (exact) mass is 571 g/mol. The Morgan fingerprint density at radius 3 is 2.48 bits per heavy atom. The minimum absolute atomic E-state index is 0.00970. The van der Waals surface area contributed by atoms with Crippen molar-refractivity contribution in [3.8, 4) is 28.8 Å². The second-order valence-corrected chi connectivity index (χ2v) is 9.89. The molecule has 0 spiro atoms. The number of fused-ring (bicyclic) bond motifs is 1. The van der Waals surface area contributed by atoms with Gasteiger partial charge >= 0.3 is 0 Å². The molecule has 42 heavy (non-hydrogen) atoms. The minimum atomic E-state index is -0.814. The van der Waals surface area contributed by atoms with Crippen molar-refractivity contribution in [1.82, 2.24) is 19.9 Å². The molecule has 1 aliphatic heterocycles. The van der Waals surface area contributed by atoms with Crippen LogP contribution in [0.4, 0.5) is 20.3 Å². The number of carbonyl (C=O) groups is 1. The molecule has 3 heterocycles. The van der Waals surface area contributed by atoms with Crippen molar-refractivity contribution in [3.63, 3.8) is 0 Å². The van der Waals surface area contributed by atoms with E-state index in [1.807, 2.05) is 18.2 Å². The highest BCUT2D eigenvalue weighted by atomic mass is 19.1. The number of hydrogen-bond donors (Lipinski definition) is 3. The summed E-state index contributed by atoms with van der Waals surface area (Å²) in [7, 11) is 3.10. The van der Waals surface area contributed by atoms with Crippen LogP contribution >= 0.6 is 0 Å². The summed E-state index contributed by atoms with van der Waals surface area (Å²) in [6.45, 7) is 0.840. The maximum Gasteiger partial charge on any atom is 0.227 e. The van der Waals surface area contributed by atoms with Crippen molar-refractivity contribution in [2.75, 3.05) is 26.1 Å². The third-order valence-electron chi connectivity index (χ3n) is 7.36. The van der Waals surface area contributed by atoms with Gasteiger partial charge in [0.1, 0.15) is 34.3 Å². The highest BCUT2D eigenvalue weighted by molar-refractivity contribution is 5.97. The zero-order valence-corrected chi connectivity index (χ0v) is 22.8. The summed E-state index contributed by atoms with van der Waals surface area (Å²) in [5, 5.41) is 17.6. The summed E-state index contributed by atoms with van der Waals surface area (Å²) in [4.78, 5) is 21.0. The van der Waals surface area contributed by atoms with Crippen molar-refractivity contribution in [1.29, 1.82) is 0 Å². The van der Waals surface area contributed by atoms with E-state index in [0.29, 0.717) is 23.7 Å². The molecule has 0 aliphatic carbocycles. The fourth-order valence-corrected chi connectivity index (χ4v) is 5.19. The highest BCUT2D eigenvalue weighted by Crippen LogP contribution is 2.37. The van der Waals surface area contributed by atoms with E-state index in [0.717, 1.165) is 29.7 Å². The van der Waals surface area contributed by atoms with E-state index in [1.54, 1.807) is 42.1 Å². The molecule has 1 fully saturated rings. The quantitative estimate of drug-likeness (QED) is 0.226. The Labute approximate surface area is 239 Å². The molecular formula is C31H27F2N5O4. The topological polar surface area (TPSA) is 111 Å². The number of nitrogens with zero attached hydrogens (tertiary/aromatic N) is 3. The average Bonchev–Trinajstić information content (AvgIpc) is 3.56. The lowest BCUT2D eigenvalue weighted by molar-refractivity contribution is -0.120. The van der Waals surface area contributed by atoms with Crippen LogP contribution in [-0.4, -0.2) is 46.3 Å². The highest BCUT2D eigenvalue weighted by Gasteiger charge is 2.26. The molecular weight excluding hydrogens is 544 g/mol. The van der Waals surface area contributed by atoms with Crippen LogP contribution in [0.5, 0.6) is 17.4 Å². The Balaban J connectivity index is 1.44. The maximum atomic E-state index is 14.8. The van der Waals surface area contributed by atoms with E-state index >= 15 is 0 Å². The number of hydrogen-bond acceptors (Lipinski definition) is 7. The van der Waals surface area contributed by atoms with E-state index in [-0.39, 0.29) is 52.4 Å². The summed E-state index contributed by atoms with van der Waals surface area (Å²) < 4.78 is 41.9. The molecule has 5 aromatic rings. The molecule has 9 nitrogen and oxygen atoms in total. The number of halogens is 2. The van der Waals surface area contributed by atoms with Crippen LogP contribution in [0.3, 0.4) is 0 Å². The average molecular weight is 572 g/mol. The number of rotatable bonds is 8. The summed E-state index contributed by atoms with van der Waals surface area (Å²) in [5.41, 5.74) is 2.12. The molecule has 3 N–H and O–H groups in total. The summed E-state index contributed by atoms with van der Waals surface area (Å²) in [5.74, 6) is -0.853. The summed E-state index contributed by atoms with van der Waals surface area (Å²) in [6.07, 6.45) is 2.31. The van der Waals surface area contributed by atoms with Crippen LogP contribution < -0.4 is 20.1 Å². The zero-order valence-electron chi connectivity index (χ0n) is 22.8. The number of amides is 1. The maximum absolute atomic E-state index is 14.8. The van der Waals surface area contributed by atoms with Crippen LogP contribution in [0.15, 0.2) is 66.9 Å². The van der Waals surface area contributed by atoms with Gasteiger partial charge in [-0.05, 0) is 48.4 Å². The van der Waals surface area contributed by atoms with Gasteiger partial charge in [-0.25, -0.2) is 18.7 Å². The second-order valence-electron chi connectivity index (χ2n) is 9.89. The van der Waals surface area contributed by atoms with E-state index in [9.17, 15) is 18.7 Å². The Morgan fingerprint density at radius 1 is 1.05 bits per heavy atom. The molecule has 0 radical (unpaired) electrons. The Kier molecular flexibility index (Phi) is 7.07. The van der Waals surface area contributed by atoms with Crippen molar-refractivity contribution >= 4 is 28.3 Å². The number of methoxy groups -OCH3 is 2. The van der Waals surface area contributed by atoms with Gasteiger partial charge in [-0.3, -0.25) is 4.79 Å². The Bertz CT molecular complexity index is 1790. The summed E-state index contributed by atoms with van der Waals surface area (Å²) >= 11 is 0. The number of ether oxygens (including phenoxy) is 2. The molecule has 2 aromatic heterocycles. The largest absolute Gasteiger partial charge is 0.497 e. The van der Waals surface area contributed by atoms with Crippen molar-refractivity contribution in [3.05, 3.63) is 89.6 Å². The number of anilines is 2. The van der Waals surface area contributed by atoms with Crippen LogP contribution in [-0.2, 0) is 11.3 Å². The van der Waals surface area contributed by atoms with E-state index < -0.39 is 11.6 Å². The van der Waals surface area contributed by atoms with Gasteiger partial charge in [-0.15, -0.1) is 0 Å². The fraction of sp³-hybridized carbons (Fsp3) is 0.194. The smallest absolute Gasteiger partial charge is 0.227 e. The lowest BCUT2D eigenvalue weighted by Crippen LogP contribution is -2.17. The molecule has 3 aromatic carbocycles. The van der Waals surface area contributed by atoms with E-state index in [4.69, 9.17) is 9.47 Å². The van der Waals surface area contributed by atoms with Crippen LogP contribution in [0, 0.1) is 11.6 Å². The van der Waals surface area contributed by atoms with Crippen LogP contribution in [0.1, 0.15) is 23.5 Å². The number of aromatic nitrogens is 3. The van der Waals surface area contributed by atoms with Gasteiger partial charge in [-0.2, -0.15) is 0 Å². The Hall–Kier alpha value is -5.19. The third kappa shape index (κ3) is 4.93. The van der Waals surface area contributed by atoms with Gasteiger partial charge < -0.3 is 29.8 Å². The molecule has 6 rings (SSSR count). The molecule has 1 unspecified atom stereocenters. The van der Waals surface area contributed by atoms with E-state index in [1.165, 1.54) is 13.2 Å². The lowest BCUT2D eigenvalue weighted by Gasteiger charge is -2.13. The lowest BCUT2D eigenvalue weighted by atomic mass is 9.97. The van der Waals surface area contributed by atoms with E-state index in [2.05, 4.69) is 20.6 Å². The zero-order chi connectivity index (χ0) is 29.4. The number of nitrogens with one attached hydrogen (secondary N) is 2. The van der Waals surface area contributed by atoms with Crippen molar-refractivity contribution in [2.45, 2.75) is 18.9 Å². The molecule has 0 bridgehead atoms. The van der Waals surface area contributed by atoms with Gasteiger partial charge in [-0.1, -0.05) is 18.2 Å². The molecule has 1 saturated heterocycles. The molecule has 1 aliphatic rings. The van der Waals surface area contributed by atoms with Gasteiger partial charge in [0.25, 0.3) is 0 Å². The third-order valence-corrected chi connectivity index (χ3v) is 7.36. The first-order chi connectivity index (χ1) is 20.4. The first-order valence-corrected chi connectivity index (χ1v) is 13.3. The van der Waals surface area contributed by atoms with Gasteiger partial charge in [0.05, 0.1) is 37.8 Å². The van der Waals surface area contributed by atoms with Crippen LogP contribution in [0.2, 0.25) is 0 Å². The standard InChI is InChI=1S/C31H27F2N5O4/c1-41-20-11-8-18(25(14-20)42-2)15-38-16-24-27(31(38)40)29(37-28(36-24)26-22(32)4-3-5-23(26)33)35-19-9-6-17(7-10-19)21-12-13-34-30(21)39/h3-11,14,16,21,40H,12-13,15H2,1-2H3,(H,34,39)(H,35,36,37). The molecule has 11 heteroatoms. The first-order valence-electron chi connectivity index (χ1n) is 13.3. The van der Waals surface area contributed by atoms with Crippen molar-refractivity contribution < 1.29 is 28.2 Å². The Morgan fingerprint density at radius 2 is 1.81 bits per heavy atom. The first kappa shape index (κ1) is 27.0. The predicted octanol–water partition coefficient (Wildman–Crippen LogP) is 5.49. The minimum Gasteiger partial charge on any atom is -0.497 e. The SMILES string of the molecule is COc1ccc(Cn2cc3nc(-c4c(F)cccc4F)nc(Nc4ccc(C5CCNC5=O)cc4)c3c2O)c(OC)c1. The van der Waals surface area contributed by atoms with Crippen molar-refractivity contribution in [2.24, 2.45) is 0 Å². The second kappa shape index (κ2) is 11.0. The normalized spacial score (nSPS) is 14.7. The van der Waals surface area contributed by atoms with Crippen LogP contribution in [0.25, 0.3) is 22.3 Å². The van der Waals surface area contributed by atoms with Gasteiger partial charge in [0.15, 0.2) is 5.82 Å². The van der Waals surface area contributed by atoms with Gasteiger partial charge in [0, 0.05) is 30.1 Å². The number of carbonyl (C=O) groups excluding carboxylic acids is 1. The summed E-state index contributed by atoms with van der Waals surface area (Å²) in [6, 6.07) is 16.1. The molecule has 0 saturated carbocycles. The van der Waals surface area contributed by atoms with Gasteiger partial charge in [0.2, 0.25) is 11.8 Å². The molecule has 1 atom stereocenters. The molecule has 1 amide bonds.